The van der Waals surface area contributed by atoms with Crippen molar-refractivity contribution in [1.82, 2.24) is 10.2 Å². The van der Waals surface area contributed by atoms with E-state index in [1.165, 1.54) is 23.1 Å². The molecule has 2 amide bonds. The molecule has 11 heteroatoms. The second-order valence-electron chi connectivity index (χ2n) is 8.33. The number of nitrogens with one attached hydrogen (secondary N) is 1. The van der Waals surface area contributed by atoms with E-state index in [2.05, 4.69) is 21.2 Å². The maximum Gasteiger partial charge on any atom is 0.244 e. The van der Waals surface area contributed by atoms with E-state index in [1.807, 2.05) is 38.1 Å². The fourth-order valence-electron chi connectivity index (χ4n) is 3.15. The molecule has 34 heavy (non-hydrogen) atoms. The van der Waals surface area contributed by atoms with Crippen LogP contribution in [0, 0.1) is 5.92 Å². The number of carbonyl (C=O) groups excluding carboxylic acids is 2. The van der Waals surface area contributed by atoms with E-state index in [4.69, 9.17) is 23.2 Å². The van der Waals surface area contributed by atoms with Crippen molar-refractivity contribution in [1.29, 1.82) is 0 Å². The van der Waals surface area contributed by atoms with Gasteiger partial charge in [-0.05, 0) is 48.7 Å². The molecule has 0 saturated heterocycles. The minimum atomic E-state index is -3.88. The SMILES string of the molecule is CC(C)CNC(=O)C(C)N(Cc1cccc(Br)c1)C(=O)CN(c1ccc(Cl)cc1Cl)S(C)(=O)=O. The zero-order valence-corrected chi connectivity index (χ0v) is 23.3. The molecule has 1 N–H and O–H groups in total. The van der Waals surface area contributed by atoms with Gasteiger partial charge in [-0.25, -0.2) is 8.42 Å². The second-order valence-corrected chi connectivity index (χ2v) is 12.0. The van der Waals surface area contributed by atoms with E-state index in [0.717, 1.165) is 20.6 Å². The molecule has 2 aromatic rings. The Morgan fingerprint density at radius 3 is 2.32 bits per heavy atom. The molecular formula is C23H28BrCl2N3O4S. The molecule has 0 saturated carbocycles. The number of sulfonamides is 1. The van der Waals surface area contributed by atoms with Gasteiger partial charge in [-0.1, -0.05) is 65.1 Å². The van der Waals surface area contributed by atoms with Gasteiger partial charge in [-0.3, -0.25) is 13.9 Å². The molecule has 0 heterocycles. The predicted molar refractivity (Wildman–Crippen MR) is 141 cm³/mol. The summed E-state index contributed by atoms with van der Waals surface area (Å²) in [6.45, 7) is 5.59. The van der Waals surface area contributed by atoms with Gasteiger partial charge in [0, 0.05) is 22.6 Å². The molecule has 0 spiro atoms. The number of carbonyl (C=O) groups is 2. The first kappa shape index (κ1) is 28.4. The van der Waals surface area contributed by atoms with Crippen molar-refractivity contribution >= 4 is 66.7 Å². The summed E-state index contributed by atoms with van der Waals surface area (Å²) in [5.74, 6) is -0.644. The van der Waals surface area contributed by atoms with Crippen molar-refractivity contribution in [2.24, 2.45) is 5.92 Å². The molecule has 2 aromatic carbocycles. The van der Waals surface area contributed by atoms with Crippen molar-refractivity contribution in [3.05, 3.63) is 62.5 Å². The van der Waals surface area contributed by atoms with Crippen molar-refractivity contribution in [2.45, 2.75) is 33.4 Å². The highest BCUT2D eigenvalue weighted by atomic mass is 79.9. The van der Waals surface area contributed by atoms with Gasteiger partial charge in [0.05, 0.1) is 17.0 Å². The van der Waals surface area contributed by atoms with Crippen molar-refractivity contribution in [3.8, 4) is 0 Å². The smallest absolute Gasteiger partial charge is 0.244 e. The monoisotopic (exact) mass is 591 g/mol. The summed E-state index contributed by atoms with van der Waals surface area (Å²) in [5.41, 5.74) is 0.905. The molecule has 0 aliphatic carbocycles. The number of hydrogen-bond acceptors (Lipinski definition) is 4. The van der Waals surface area contributed by atoms with Crippen LogP contribution in [0.5, 0.6) is 0 Å². The Balaban J connectivity index is 2.40. The lowest BCUT2D eigenvalue weighted by Crippen LogP contribution is -2.51. The molecule has 7 nitrogen and oxygen atoms in total. The fraction of sp³-hybridized carbons (Fsp3) is 0.391. The minimum Gasteiger partial charge on any atom is -0.354 e. The van der Waals surface area contributed by atoms with Crippen LogP contribution in [0.2, 0.25) is 10.0 Å². The quantitative estimate of drug-likeness (QED) is 0.433. The van der Waals surface area contributed by atoms with Gasteiger partial charge in [0.1, 0.15) is 12.6 Å². The first-order valence-corrected chi connectivity index (χ1v) is 13.9. The van der Waals surface area contributed by atoms with Crippen LogP contribution < -0.4 is 9.62 Å². The van der Waals surface area contributed by atoms with Crippen molar-refractivity contribution in [2.75, 3.05) is 23.7 Å². The maximum absolute atomic E-state index is 13.5. The predicted octanol–water partition coefficient (Wildman–Crippen LogP) is 4.71. The molecule has 0 bridgehead atoms. The fourth-order valence-corrected chi connectivity index (χ4v) is 5.01. The van der Waals surface area contributed by atoms with Gasteiger partial charge >= 0.3 is 0 Å². The van der Waals surface area contributed by atoms with Gasteiger partial charge in [-0.2, -0.15) is 0 Å². The minimum absolute atomic E-state index is 0.0898. The normalized spacial score (nSPS) is 12.4. The first-order valence-electron chi connectivity index (χ1n) is 10.5. The Morgan fingerprint density at radius 2 is 1.76 bits per heavy atom. The highest BCUT2D eigenvalue weighted by molar-refractivity contribution is 9.10. The Hall–Kier alpha value is -1.81. The molecule has 2 rings (SSSR count). The van der Waals surface area contributed by atoms with E-state index >= 15 is 0 Å². The van der Waals surface area contributed by atoms with Gasteiger partial charge in [0.15, 0.2) is 0 Å². The highest BCUT2D eigenvalue weighted by Gasteiger charge is 2.30. The topological polar surface area (TPSA) is 86.8 Å². The molecule has 186 valence electrons. The third-order valence-electron chi connectivity index (χ3n) is 4.95. The van der Waals surface area contributed by atoms with Crippen LogP contribution >= 0.6 is 39.1 Å². The lowest BCUT2D eigenvalue weighted by atomic mass is 10.1. The Kier molecular flexibility index (Phi) is 10.2. The standard InChI is InChI=1S/C23H28BrCl2N3O4S/c1-15(2)12-27-23(31)16(3)28(13-17-6-5-7-18(24)10-17)22(30)14-29(34(4,32)33)21-9-8-19(25)11-20(21)26/h5-11,15-16H,12-14H2,1-4H3,(H,27,31). The summed E-state index contributed by atoms with van der Waals surface area (Å²) in [7, 11) is -3.88. The zero-order valence-electron chi connectivity index (χ0n) is 19.4. The molecular weight excluding hydrogens is 565 g/mol. The molecule has 0 aliphatic heterocycles. The Labute approximate surface area is 219 Å². The average molecular weight is 593 g/mol. The van der Waals surface area contributed by atoms with E-state index < -0.39 is 28.5 Å². The van der Waals surface area contributed by atoms with E-state index in [0.29, 0.717) is 11.6 Å². The number of nitrogens with zero attached hydrogens (tertiary/aromatic N) is 2. The van der Waals surface area contributed by atoms with Crippen molar-refractivity contribution in [3.63, 3.8) is 0 Å². The first-order chi connectivity index (χ1) is 15.8. The van der Waals surface area contributed by atoms with Crippen LogP contribution in [0.15, 0.2) is 46.9 Å². The molecule has 0 aliphatic rings. The van der Waals surface area contributed by atoms with Crippen LogP contribution in [-0.4, -0.2) is 50.5 Å². The van der Waals surface area contributed by atoms with E-state index in [1.54, 1.807) is 6.92 Å². The largest absolute Gasteiger partial charge is 0.354 e. The Bertz CT molecular complexity index is 1140. The Morgan fingerprint density at radius 1 is 1.09 bits per heavy atom. The summed E-state index contributed by atoms with van der Waals surface area (Å²) in [6.07, 6.45) is 0.989. The molecule has 0 fully saturated rings. The number of halogens is 3. The second kappa shape index (κ2) is 12.2. The lowest BCUT2D eigenvalue weighted by molar-refractivity contribution is -0.139. The summed E-state index contributed by atoms with van der Waals surface area (Å²) in [5, 5.41) is 3.26. The third kappa shape index (κ3) is 8.15. The summed E-state index contributed by atoms with van der Waals surface area (Å²) in [4.78, 5) is 27.7. The lowest BCUT2D eigenvalue weighted by Gasteiger charge is -2.32. The van der Waals surface area contributed by atoms with Crippen LogP contribution in [0.3, 0.4) is 0 Å². The van der Waals surface area contributed by atoms with E-state index in [9.17, 15) is 18.0 Å². The number of benzene rings is 2. The van der Waals surface area contributed by atoms with Gasteiger partial charge in [0.2, 0.25) is 21.8 Å². The molecule has 1 atom stereocenters. The highest BCUT2D eigenvalue weighted by Crippen LogP contribution is 2.30. The van der Waals surface area contributed by atoms with Gasteiger partial charge in [-0.15, -0.1) is 0 Å². The zero-order chi connectivity index (χ0) is 25.6. The molecule has 1 unspecified atom stereocenters. The third-order valence-corrected chi connectivity index (χ3v) is 7.11. The molecule has 0 radical (unpaired) electrons. The summed E-state index contributed by atoms with van der Waals surface area (Å²) >= 11 is 15.6. The van der Waals surface area contributed by atoms with Crippen LogP contribution in [0.1, 0.15) is 26.3 Å². The van der Waals surface area contributed by atoms with Crippen molar-refractivity contribution < 1.29 is 18.0 Å². The molecule has 0 aromatic heterocycles. The van der Waals surface area contributed by atoms with Crippen LogP contribution in [0.4, 0.5) is 5.69 Å². The van der Waals surface area contributed by atoms with Crippen LogP contribution in [0.25, 0.3) is 0 Å². The average Bonchev–Trinajstić information content (AvgIpc) is 2.73. The number of amides is 2. The van der Waals surface area contributed by atoms with Gasteiger partial charge < -0.3 is 10.2 Å². The van der Waals surface area contributed by atoms with Gasteiger partial charge in [0.25, 0.3) is 0 Å². The number of hydrogen-bond donors (Lipinski definition) is 1. The van der Waals surface area contributed by atoms with E-state index in [-0.39, 0.29) is 29.1 Å². The number of rotatable bonds is 10. The maximum atomic E-state index is 13.5. The van der Waals surface area contributed by atoms with Crippen LogP contribution in [-0.2, 0) is 26.2 Å². The number of anilines is 1. The summed E-state index contributed by atoms with van der Waals surface area (Å²) < 4.78 is 26.9. The summed E-state index contributed by atoms with van der Waals surface area (Å²) in [6, 6.07) is 10.8.